The molecule has 0 aliphatic carbocycles. The van der Waals surface area contributed by atoms with Gasteiger partial charge in [-0.25, -0.2) is 9.97 Å². The molecule has 21 heavy (non-hydrogen) atoms. The van der Waals surface area contributed by atoms with Crippen molar-refractivity contribution in [2.75, 3.05) is 17.2 Å². The second-order valence-electron chi connectivity index (χ2n) is 5.47. The number of unbranched alkanes of at least 4 members (excludes halogenated alkanes) is 1. The summed E-state index contributed by atoms with van der Waals surface area (Å²) in [5.74, 6) is 2.22. The number of aromatic nitrogens is 2. The fourth-order valence-electron chi connectivity index (χ4n) is 2.01. The normalized spacial score (nSPS) is 10.7. The van der Waals surface area contributed by atoms with Gasteiger partial charge in [0.1, 0.15) is 18.0 Å². The molecule has 0 aliphatic heterocycles. The highest BCUT2D eigenvalue weighted by Crippen LogP contribution is 2.20. The van der Waals surface area contributed by atoms with Gasteiger partial charge in [0, 0.05) is 18.3 Å². The molecule has 2 aromatic rings. The Hall–Kier alpha value is -2.10. The summed E-state index contributed by atoms with van der Waals surface area (Å²) in [6.45, 7) is 7.51. The smallest absolute Gasteiger partial charge is 0.135 e. The van der Waals surface area contributed by atoms with E-state index in [0.717, 1.165) is 30.3 Å². The van der Waals surface area contributed by atoms with Gasteiger partial charge in [-0.1, -0.05) is 39.3 Å². The molecule has 112 valence electrons. The van der Waals surface area contributed by atoms with E-state index in [9.17, 15) is 0 Å². The van der Waals surface area contributed by atoms with E-state index >= 15 is 0 Å². The maximum atomic E-state index is 4.26. The summed E-state index contributed by atoms with van der Waals surface area (Å²) >= 11 is 0. The lowest BCUT2D eigenvalue weighted by Crippen LogP contribution is -2.04. The van der Waals surface area contributed by atoms with Gasteiger partial charge in [0.15, 0.2) is 0 Å². The first-order valence-corrected chi connectivity index (χ1v) is 7.62. The van der Waals surface area contributed by atoms with Crippen LogP contribution in [-0.2, 0) is 0 Å². The molecule has 0 saturated carbocycles. The van der Waals surface area contributed by atoms with Crippen molar-refractivity contribution in [3.05, 3.63) is 42.2 Å². The molecule has 0 spiro atoms. The van der Waals surface area contributed by atoms with E-state index in [4.69, 9.17) is 0 Å². The molecular formula is C17H24N4. The van der Waals surface area contributed by atoms with Gasteiger partial charge in [-0.3, -0.25) is 0 Å². The van der Waals surface area contributed by atoms with Crippen LogP contribution in [0.4, 0.5) is 17.3 Å². The molecule has 0 unspecified atom stereocenters. The topological polar surface area (TPSA) is 49.8 Å². The highest BCUT2D eigenvalue weighted by atomic mass is 15.1. The highest BCUT2D eigenvalue weighted by Gasteiger charge is 2.01. The van der Waals surface area contributed by atoms with E-state index in [1.54, 1.807) is 6.33 Å². The van der Waals surface area contributed by atoms with E-state index in [2.05, 4.69) is 65.6 Å². The Labute approximate surface area is 127 Å². The number of nitrogens with one attached hydrogen (secondary N) is 2. The summed E-state index contributed by atoms with van der Waals surface area (Å²) < 4.78 is 0. The Morgan fingerprint density at radius 1 is 1.05 bits per heavy atom. The van der Waals surface area contributed by atoms with Crippen molar-refractivity contribution in [1.29, 1.82) is 0 Å². The molecule has 2 rings (SSSR count). The fraction of sp³-hybridized carbons (Fsp3) is 0.412. The zero-order chi connectivity index (χ0) is 15.1. The summed E-state index contributed by atoms with van der Waals surface area (Å²) in [6.07, 6.45) is 3.90. The standard InChI is InChI=1S/C17H24N4/c1-4-5-10-18-16-11-17(20-12-19-16)21-15-8-6-14(7-9-15)13(2)3/h6-9,11-13H,4-5,10H2,1-3H3,(H2,18,19,20,21). The monoisotopic (exact) mass is 284 g/mol. The predicted octanol–water partition coefficient (Wildman–Crippen LogP) is 4.56. The lowest BCUT2D eigenvalue weighted by molar-refractivity contribution is 0.830. The average molecular weight is 284 g/mol. The van der Waals surface area contributed by atoms with E-state index < -0.39 is 0 Å². The van der Waals surface area contributed by atoms with Gasteiger partial charge in [-0.2, -0.15) is 0 Å². The Morgan fingerprint density at radius 3 is 2.43 bits per heavy atom. The van der Waals surface area contributed by atoms with Crippen molar-refractivity contribution in [3.63, 3.8) is 0 Å². The van der Waals surface area contributed by atoms with Gasteiger partial charge in [-0.05, 0) is 30.0 Å². The van der Waals surface area contributed by atoms with Crippen LogP contribution >= 0.6 is 0 Å². The molecule has 0 fully saturated rings. The van der Waals surface area contributed by atoms with Gasteiger partial charge in [-0.15, -0.1) is 0 Å². The number of hydrogen-bond acceptors (Lipinski definition) is 4. The molecule has 4 heteroatoms. The molecule has 0 amide bonds. The minimum atomic E-state index is 0.549. The first-order chi connectivity index (χ1) is 10.2. The fourth-order valence-corrected chi connectivity index (χ4v) is 2.01. The summed E-state index contributed by atoms with van der Waals surface area (Å²) in [5, 5.41) is 6.61. The molecule has 1 aromatic heterocycles. The van der Waals surface area contributed by atoms with Crippen molar-refractivity contribution in [2.24, 2.45) is 0 Å². The van der Waals surface area contributed by atoms with Gasteiger partial charge < -0.3 is 10.6 Å². The number of nitrogens with zero attached hydrogens (tertiary/aromatic N) is 2. The van der Waals surface area contributed by atoms with Gasteiger partial charge >= 0.3 is 0 Å². The average Bonchev–Trinajstić information content (AvgIpc) is 2.48. The number of hydrogen-bond donors (Lipinski definition) is 2. The lowest BCUT2D eigenvalue weighted by Gasteiger charge is -2.10. The summed E-state index contributed by atoms with van der Waals surface area (Å²) in [4.78, 5) is 8.49. The van der Waals surface area contributed by atoms with Crippen molar-refractivity contribution in [3.8, 4) is 0 Å². The van der Waals surface area contributed by atoms with Crippen molar-refractivity contribution in [1.82, 2.24) is 9.97 Å². The van der Waals surface area contributed by atoms with Crippen LogP contribution in [-0.4, -0.2) is 16.5 Å². The molecule has 1 aromatic carbocycles. The molecule has 0 bridgehead atoms. The van der Waals surface area contributed by atoms with Crippen molar-refractivity contribution >= 4 is 17.3 Å². The quantitative estimate of drug-likeness (QED) is 0.732. The van der Waals surface area contributed by atoms with Crippen LogP contribution in [0.2, 0.25) is 0 Å². The van der Waals surface area contributed by atoms with Crippen molar-refractivity contribution < 1.29 is 0 Å². The minimum Gasteiger partial charge on any atom is -0.370 e. The maximum Gasteiger partial charge on any atom is 0.135 e. The second-order valence-corrected chi connectivity index (χ2v) is 5.47. The van der Waals surface area contributed by atoms with E-state index in [1.807, 2.05) is 6.07 Å². The summed E-state index contributed by atoms with van der Waals surface area (Å²) in [6, 6.07) is 10.4. The number of benzene rings is 1. The Balaban J connectivity index is 2.00. The van der Waals surface area contributed by atoms with E-state index in [1.165, 1.54) is 12.0 Å². The van der Waals surface area contributed by atoms with Crippen LogP contribution in [0.25, 0.3) is 0 Å². The van der Waals surface area contributed by atoms with Crippen LogP contribution in [0.1, 0.15) is 45.1 Å². The Kier molecular flexibility index (Phi) is 5.55. The van der Waals surface area contributed by atoms with E-state index in [-0.39, 0.29) is 0 Å². The summed E-state index contributed by atoms with van der Waals surface area (Å²) in [7, 11) is 0. The van der Waals surface area contributed by atoms with Crippen LogP contribution in [0, 0.1) is 0 Å². The number of rotatable bonds is 7. The Bertz CT molecular complexity index is 549. The molecule has 0 aliphatic rings. The van der Waals surface area contributed by atoms with Gasteiger partial charge in [0.05, 0.1) is 0 Å². The second kappa shape index (κ2) is 7.62. The third-order valence-electron chi connectivity index (χ3n) is 3.35. The largest absolute Gasteiger partial charge is 0.370 e. The predicted molar refractivity (Wildman–Crippen MR) is 89.2 cm³/mol. The van der Waals surface area contributed by atoms with Crippen molar-refractivity contribution in [2.45, 2.75) is 39.5 Å². The molecular weight excluding hydrogens is 260 g/mol. The van der Waals surface area contributed by atoms with Gasteiger partial charge in [0.25, 0.3) is 0 Å². The number of anilines is 3. The van der Waals surface area contributed by atoms with Crippen LogP contribution in [0.5, 0.6) is 0 Å². The third kappa shape index (κ3) is 4.74. The SMILES string of the molecule is CCCCNc1cc(Nc2ccc(C(C)C)cc2)ncn1. The highest BCUT2D eigenvalue weighted by molar-refractivity contribution is 5.59. The van der Waals surface area contributed by atoms with E-state index in [0.29, 0.717) is 5.92 Å². The minimum absolute atomic E-state index is 0.549. The van der Waals surface area contributed by atoms with Gasteiger partial charge in [0.2, 0.25) is 0 Å². The van der Waals surface area contributed by atoms with Crippen LogP contribution in [0.15, 0.2) is 36.7 Å². The third-order valence-corrected chi connectivity index (χ3v) is 3.35. The summed E-state index contributed by atoms with van der Waals surface area (Å²) in [5.41, 5.74) is 2.38. The molecule has 4 nitrogen and oxygen atoms in total. The lowest BCUT2D eigenvalue weighted by atomic mass is 10.0. The molecule has 2 N–H and O–H groups in total. The maximum absolute atomic E-state index is 4.26. The Morgan fingerprint density at radius 2 is 1.76 bits per heavy atom. The first kappa shape index (κ1) is 15.3. The van der Waals surface area contributed by atoms with Crippen LogP contribution in [0.3, 0.4) is 0 Å². The molecule has 0 radical (unpaired) electrons. The van der Waals surface area contributed by atoms with Crippen LogP contribution < -0.4 is 10.6 Å². The molecule has 0 saturated heterocycles. The zero-order valence-electron chi connectivity index (χ0n) is 13.1. The first-order valence-electron chi connectivity index (χ1n) is 7.62. The molecule has 1 heterocycles. The zero-order valence-corrected chi connectivity index (χ0v) is 13.1. The molecule has 0 atom stereocenters.